The number of rotatable bonds is 5. The third-order valence-electron chi connectivity index (χ3n) is 0.326. The minimum atomic E-state index is -3.16. The first-order valence-corrected chi connectivity index (χ1v) is 17.6. The van der Waals surface area contributed by atoms with E-state index >= 15 is 0 Å². The van der Waals surface area contributed by atoms with E-state index in [0.29, 0.717) is 0 Å². The van der Waals surface area contributed by atoms with Gasteiger partial charge in [0.15, 0.2) is 0 Å². The van der Waals surface area contributed by atoms with Gasteiger partial charge in [0.2, 0.25) is 0 Å². The Labute approximate surface area is 85.5 Å². The molecule has 0 bridgehead atoms. The Morgan fingerprint density at radius 3 is 2.64 bits per heavy atom. The standard InChI is InChI=1S/H2O4.O2S.O.2Pb.S/c1-3-4-2;1-3-2;;;;/h1-2H;;;;;/q;;;;+1;/p-1. The van der Waals surface area contributed by atoms with Crippen LogP contribution in [0.3, 0.4) is 0 Å². The number of hydrogen-bond acceptors (Lipinski definition) is 8. The van der Waals surface area contributed by atoms with Crippen molar-refractivity contribution in [3.05, 3.63) is 0 Å². The third-order valence-corrected chi connectivity index (χ3v) is 25.8. The Morgan fingerprint density at radius 2 is 2.18 bits per heavy atom. The van der Waals surface area contributed by atoms with E-state index in [1.165, 1.54) is 0 Å². The van der Waals surface area contributed by atoms with Gasteiger partial charge in [0.25, 0.3) is 0 Å². The zero-order chi connectivity index (χ0) is 8.69. The molecule has 7 nitrogen and oxygen atoms in total. The summed E-state index contributed by atoms with van der Waals surface area (Å²) in [5, 5.41) is 14.2. The van der Waals surface area contributed by atoms with Crippen LogP contribution in [0.4, 0.5) is 0 Å². The summed E-state index contributed by atoms with van der Waals surface area (Å²) in [5.41, 5.74) is 0. The van der Waals surface area contributed by atoms with Crippen molar-refractivity contribution in [3.63, 3.8) is 0 Å². The number of hydrogen-bond donors (Lipinski definition) is 1. The van der Waals surface area contributed by atoms with Gasteiger partial charge in [-0.3, -0.25) is 0 Å². The second-order valence-corrected chi connectivity index (χ2v) is 20.6. The molecule has 0 aliphatic rings. The first kappa shape index (κ1) is 12.7. The van der Waals surface area contributed by atoms with Crippen LogP contribution in [0.25, 0.3) is 0 Å². The molecule has 0 rings (SSSR count). The molecule has 0 amide bonds. The Hall–Kier alpha value is 1.68. The molecule has 11 heavy (non-hydrogen) atoms. The van der Waals surface area contributed by atoms with Gasteiger partial charge in [-0.15, -0.1) is 0 Å². The fourth-order valence-corrected chi connectivity index (χ4v) is 25.5. The second-order valence-electron chi connectivity index (χ2n) is 0.896. The summed E-state index contributed by atoms with van der Waals surface area (Å²) in [4.78, 5) is 0. The summed E-state index contributed by atoms with van der Waals surface area (Å²) in [6, 6.07) is 0. The van der Waals surface area contributed by atoms with E-state index in [4.69, 9.17) is 5.26 Å². The van der Waals surface area contributed by atoms with Crippen molar-refractivity contribution in [2.75, 3.05) is 0 Å². The molecule has 0 spiro atoms. The van der Waals surface area contributed by atoms with Crippen molar-refractivity contribution in [1.29, 1.82) is 0 Å². The Kier molecular flexibility index (Phi) is 9.56. The van der Waals surface area contributed by atoms with Gasteiger partial charge in [-0.2, -0.15) is 0 Å². The molecule has 0 fully saturated rings. The monoisotopic (exact) mass is 593 g/mol. The first-order chi connectivity index (χ1) is 5.16. The third kappa shape index (κ3) is 9.60. The Bertz CT molecular complexity index is 231. The van der Waals surface area contributed by atoms with Gasteiger partial charge in [0.1, 0.15) is 0 Å². The van der Waals surface area contributed by atoms with Crippen molar-refractivity contribution in [3.8, 4) is 0 Å². The molecule has 11 heteroatoms. The van der Waals surface area contributed by atoms with Gasteiger partial charge in [0, 0.05) is 0 Å². The summed E-state index contributed by atoms with van der Waals surface area (Å²) < 4.78 is 28.7. The van der Waals surface area contributed by atoms with E-state index in [1.807, 2.05) is 0 Å². The molecule has 0 aromatic carbocycles. The van der Waals surface area contributed by atoms with Crippen LogP contribution in [0.15, 0.2) is 0 Å². The van der Waals surface area contributed by atoms with Crippen LogP contribution in [0.5, 0.6) is 0 Å². The van der Waals surface area contributed by atoms with Gasteiger partial charge in [-0.05, 0) is 0 Å². The van der Waals surface area contributed by atoms with Gasteiger partial charge < -0.3 is 0 Å². The van der Waals surface area contributed by atoms with Crippen LogP contribution >= 0.6 is 8.65 Å². The van der Waals surface area contributed by atoms with Gasteiger partial charge >= 0.3 is 86.7 Å². The van der Waals surface area contributed by atoms with Crippen LogP contribution < -0.4 is 0 Å². The van der Waals surface area contributed by atoms with Crippen LogP contribution in [-0.4, -0.2) is 57.8 Å². The van der Waals surface area contributed by atoms with E-state index in [9.17, 15) is 8.42 Å². The van der Waals surface area contributed by atoms with Gasteiger partial charge in [-0.1, -0.05) is 0 Å². The second kappa shape index (κ2) is 8.29. The molecular weight excluding hydrogens is 591 g/mol. The molecule has 0 atom stereocenters. The Balaban J connectivity index is 3.62. The summed E-state index contributed by atoms with van der Waals surface area (Å²) in [6.45, 7) is -2.12. The summed E-state index contributed by atoms with van der Waals surface area (Å²) in [6.07, 6.45) is 0. The summed E-state index contributed by atoms with van der Waals surface area (Å²) in [7, 11) is 4.55. The molecule has 63 valence electrons. The average Bonchev–Trinajstić information content (AvgIpc) is 1.97. The molecular formula is HO7Pb2S2. The first-order valence-electron chi connectivity index (χ1n) is 1.87. The van der Waals surface area contributed by atoms with Gasteiger partial charge in [0.05, 0.1) is 0 Å². The average molecular weight is 592 g/mol. The molecule has 0 aliphatic heterocycles. The fraction of sp³-hybridized carbons (Fsp3) is 0. The SMILES string of the molecule is O=[S](=O)=[Pb][O][Pb](=[S])[O]OOO. The minimum absolute atomic E-state index is 2.12. The van der Waals surface area contributed by atoms with Crippen LogP contribution in [0.1, 0.15) is 0 Å². The molecule has 0 unspecified atom stereocenters. The van der Waals surface area contributed by atoms with Crippen molar-refractivity contribution >= 4 is 59.5 Å². The van der Waals surface area contributed by atoms with Crippen molar-refractivity contribution in [1.82, 2.24) is 0 Å². The molecule has 1 N–H and O–H groups in total. The summed E-state index contributed by atoms with van der Waals surface area (Å²) in [5.74, 6) is 0. The predicted octanol–water partition coefficient (Wildman–Crippen LogP) is -1.05. The zero-order valence-corrected chi connectivity index (χ0v) is 14.1. The maximum absolute atomic E-state index is 9.95. The fourth-order valence-electron chi connectivity index (χ4n) is 0.128. The molecule has 1 radical (unpaired) electrons. The van der Waals surface area contributed by atoms with E-state index < -0.39 is 50.9 Å². The predicted molar refractivity (Wildman–Crippen MR) is 35.0 cm³/mol. The molecule has 0 saturated heterocycles. The molecule has 0 aliphatic carbocycles. The normalized spacial score (nSPS) is 9.18. The van der Waals surface area contributed by atoms with Crippen LogP contribution in [0.2, 0.25) is 0 Å². The molecule has 0 heterocycles. The van der Waals surface area contributed by atoms with E-state index in [0.717, 1.165) is 0 Å². The zero-order valence-electron chi connectivity index (χ0n) is 4.71. The topological polar surface area (TPSA) is 91.3 Å². The molecule has 0 aromatic rings. The van der Waals surface area contributed by atoms with Crippen molar-refractivity contribution in [2.24, 2.45) is 0 Å². The van der Waals surface area contributed by atoms with Crippen molar-refractivity contribution < 1.29 is 27.2 Å². The maximum atomic E-state index is 9.95. The van der Waals surface area contributed by atoms with Crippen LogP contribution in [0, 0.1) is 0 Å². The van der Waals surface area contributed by atoms with E-state index in [2.05, 4.69) is 22.2 Å². The van der Waals surface area contributed by atoms with Gasteiger partial charge in [-0.25, -0.2) is 0 Å². The Morgan fingerprint density at radius 1 is 1.55 bits per heavy atom. The van der Waals surface area contributed by atoms with E-state index in [1.54, 1.807) is 0 Å². The quantitative estimate of drug-likeness (QED) is 0.246. The molecule has 0 aromatic heterocycles. The van der Waals surface area contributed by atoms with Crippen molar-refractivity contribution in [2.45, 2.75) is 0 Å². The summed E-state index contributed by atoms with van der Waals surface area (Å²) >= 11 is -5.28. The van der Waals surface area contributed by atoms with E-state index in [-0.39, 0.29) is 0 Å². The molecule has 0 saturated carbocycles. The van der Waals surface area contributed by atoms with Crippen LogP contribution in [-0.2, 0) is 20.3 Å².